The van der Waals surface area contributed by atoms with Crippen LogP contribution in [0.5, 0.6) is 40.6 Å². The van der Waals surface area contributed by atoms with Crippen molar-refractivity contribution in [2.75, 3.05) is 87.4 Å². The summed E-state index contributed by atoms with van der Waals surface area (Å²) in [4.78, 5) is 91.1. The average molecular weight is 1800 g/mol. The van der Waals surface area contributed by atoms with E-state index in [4.69, 9.17) is 59.0 Å². The molecule has 0 saturated heterocycles. The van der Waals surface area contributed by atoms with Gasteiger partial charge in [0, 0.05) is 68.1 Å². The van der Waals surface area contributed by atoms with Crippen LogP contribution in [0.1, 0.15) is 172 Å². The van der Waals surface area contributed by atoms with Crippen LogP contribution in [0.2, 0.25) is 5.15 Å². The van der Waals surface area contributed by atoms with E-state index in [-0.39, 0.29) is 86.8 Å². The number of aromatic nitrogens is 12. The molecule has 35 nitrogen and oxygen atoms in total. The molecule has 2 unspecified atom stereocenters. The molecular formula is C85H100Cl2F4N16O19. The van der Waals surface area contributed by atoms with E-state index in [1.54, 1.807) is 151 Å². The first-order chi connectivity index (χ1) is 58.8. The van der Waals surface area contributed by atoms with Gasteiger partial charge in [-0.2, -0.15) is 5.10 Å². The van der Waals surface area contributed by atoms with E-state index >= 15 is 0 Å². The second kappa shape index (κ2) is 45.3. The summed E-state index contributed by atoms with van der Waals surface area (Å²) < 4.78 is 115. The SMILES string of the molecule is C.CC(Oc1ccc2ncc(C(=O)O)n2n1)c1cc(F)ccc1OCCN(C)C(=O)OC(C)(C)C.CCOC(=O)c1cnc2ccc(Cl)nn12.CNCCOc1ccc(F)cc1C(C)Oc1ccc2ncc(C(=O)O)n2n1.C[C@@H](O)c1cc(F)ccc1OCCN(C)C(=O)OC(C)(C)C.C[C@H]1Oc2ccc3ncc(n3n2)C(=O)N(C)CCOc2ccc(F)cc21.Cl. The number of benzene rings is 4. The highest BCUT2D eigenvalue weighted by atomic mass is 35.5. The second-order valence-corrected chi connectivity index (χ2v) is 29.8. The molecule has 2 bridgehead atoms. The van der Waals surface area contributed by atoms with Gasteiger partial charge in [-0.05, 0) is 186 Å². The number of halogens is 6. The molecule has 41 heteroatoms. The van der Waals surface area contributed by atoms with Crippen molar-refractivity contribution in [1.82, 2.24) is 78.4 Å². The Hall–Kier alpha value is -13.4. The maximum atomic E-state index is 14.0. The number of hydrogen-bond donors (Lipinski definition) is 4. The van der Waals surface area contributed by atoms with E-state index in [1.165, 1.54) is 121 Å². The van der Waals surface area contributed by atoms with Crippen LogP contribution in [0.4, 0.5) is 27.2 Å². The molecule has 676 valence electrons. The summed E-state index contributed by atoms with van der Waals surface area (Å²) >= 11 is 5.72. The van der Waals surface area contributed by atoms with Crippen molar-refractivity contribution in [2.45, 2.75) is 119 Å². The van der Waals surface area contributed by atoms with Crippen molar-refractivity contribution in [2.24, 2.45) is 0 Å². The molecule has 126 heavy (non-hydrogen) atoms. The van der Waals surface area contributed by atoms with Crippen LogP contribution >= 0.6 is 24.0 Å². The molecule has 13 rings (SSSR count). The molecule has 0 spiro atoms. The number of carboxylic acids is 2. The first kappa shape index (κ1) is 99.7. The summed E-state index contributed by atoms with van der Waals surface area (Å²) in [6.45, 7) is 22.1. The predicted molar refractivity (Wildman–Crippen MR) is 455 cm³/mol. The van der Waals surface area contributed by atoms with Crippen LogP contribution < -0.4 is 38.5 Å². The number of aliphatic hydroxyl groups excluding tert-OH is 1. The fourth-order valence-electron chi connectivity index (χ4n) is 11.3. The monoisotopic (exact) mass is 1790 g/mol. The van der Waals surface area contributed by atoms with Crippen LogP contribution in [0.25, 0.3) is 22.6 Å². The fraction of sp³-hybridized carbons (Fsp3) is 0.365. The Kier molecular flexibility index (Phi) is 35.8. The Balaban J connectivity index is 0.000000219. The molecule has 12 aromatic rings. The number of imidazole rings is 4. The summed E-state index contributed by atoms with van der Waals surface area (Å²) in [5.74, 6) is -2.30. The van der Waals surface area contributed by atoms with Crippen molar-refractivity contribution in [1.29, 1.82) is 0 Å². The first-order valence-electron chi connectivity index (χ1n) is 38.6. The summed E-state index contributed by atoms with van der Waals surface area (Å²) in [6, 6.07) is 29.4. The van der Waals surface area contributed by atoms with Crippen LogP contribution in [0.15, 0.2) is 146 Å². The lowest BCUT2D eigenvalue weighted by Gasteiger charge is -2.25. The van der Waals surface area contributed by atoms with Crippen molar-refractivity contribution >= 4 is 82.6 Å². The van der Waals surface area contributed by atoms with E-state index in [0.29, 0.717) is 117 Å². The van der Waals surface area contributed by atoms with Crippen LogP contribution in [0, 0.1) is 23.3 Å². The number of esters is 1. The number of nitrogens with zero attached hydrogens (tertiary/aromatic N) is 15. The van der Waals surface area contributed by atoms with E-state index in [0.717, 1.165) is 4.52 Å². The minimum atomic E-state index is -1.18. The number of nitrogens with one attached hydrogen (secondary N) is 1. The standard InChI is InChI=1S/C23H27FN4O6.C18H19FN4O4.C18H17FN4O3.C16H24FNO4.C9H8ClN3O2.CH4.ClH/c1-14(33-20-9-8-19-25-13-17(21(29)30)28(19)26-20)16-12-15(24)6-7-18(16)32-11-10-27(5)22(31)34-23(2,3)4;1-11(13-9-12(19)3-4-15(13)26-8-7-20-2)27-17-6-5-16-21-10-14(18(24)25)23(16)22-17;1-11-13-9-12(19)3-4-15(13)25-8-7-22(2)18(24)14-10-20-16-5-6-17(26-11)21-23(14)16;1-11(19)13-10-12(17)6-7-14(13)21-9-8-18(5)15(20)22-16(2,3)4;1-2-15-9(14)6-5-11-8-4-3-7(10)12-13(6)8;;/h6-9,12-14H,10-11H2,1-5H3,(H,29,30);3-6,9-11,20H,7-8H2,1-2H3,(H,24,25);3-6,9-11H,7-8H2,1-2H3;6-7,10-11,19H,8-9H2,1-5H3;3-5H,2H2,1H3;1H4;1H/t;;2*11-;;;/m..11.../s1. The molecule has 4 aromatic carbocycles. The van der Waals surface area contributed by atoms with Crippen molar-refractivity contribution in [3.8, 4) is 40.6 Å². The van der Waals surface area contributed by atoms with E-state index in [2.05, 4.69) is 45.6 Å². The van der Waals surface area contributed by atoms with Gasteiger partial charge in [0.05, 0.1) is 57.1 Å². The quantitative estimate of drug-likeness (QED) is 0.0200. The second-order valence-electron chi connectivity index (χ2n) is 29.4. The Morgan fingerprint density at radius 1 is 0.587 bits per heavy atom. The lowest BCUT2D eigenvalue weighted by Crippen LogP contribution is -2.36. The smallest absolute Gasteiger partial charge is 0.410 e. The zero-order chi connectivity index (χ0) is 90.4. The maximum Gasteiger partial charge on any atom is 0.410 e. The van der Waals surface area contributed by atoms with Gasteiger partial charge in [0.2, 0.25) is 17.6 Å². The number of carboxylic acid groups (broad SMARTS) is 2. The molecule has 1 aliphatic rings. The maximum absolute atomic E-state index is 14.0. The average Bonchev–Trinajstić information content (AvgIpc) is 1.66. The van der Waals surface area contributed by atoms with Gasteiger partial charge in [-0.25, -0.2) is 79.5 Å². The van der Waals surface area contributed by atoms with Gasteiger partial charge in [0.1, 0.15) is 107 Å². The molecule has 0 aliphatic carbocycles. The third-order valence-corrected chi connectivity index (χ3v) is 17.7. The zero-order valence-electron chi connectivity index (χ0n) is 70.9. The van der Waals surface area contributed by atoms with Gasteiger partial charge in [0.15, 0.2) is 45.4 Å². The van der Waals surface area contributed by atoms with Crippen molar-refractivity contribution in [3.63, 3.8) is 0 Å². The number of hydrogen-bond acceptors (Lipinski definition) is 26. The third kappa shape index (κ3) is 27.8. The molecule has 1 aliphatic heterocycles. The molecule has 9 heterocycles. The lowest BCUT2D eigenvalue weighted by molar-refractivity contribution is 0.0268. The zero-order valence-corrected chi connectivity index (χ0v) is 72.5. The third-order valence-electron chi connectivity index (χ3n) is 17.4. The Labute approximate surface area is 733 Å². The first-order valence-corrected chi connectivity index (χ1v) is 39.0. The number of likely N-dealkylation sites (N-methyl/N-ethyl adjacent to an activating group) is 4. The fourth-order valence-corrected chi connectivity index (χ4v) is 11.4. The molecule has 0 fully saturated rings. The number of amides is 3. The van der Waals surface area contributed by atoms with Crippen LogP contribution in [-0.4, -0.2) is 223 Å². The number of carbonyl (C=O) groups excluding carboxylic acids is 4. The van der Waals surface area contributed by atoms with Gasteiger partial charge in [-0.15, -0.1) is 27.7 Å². The van der Waals surface area contributed by atoms with E-state index in [9.17, 15) is 61.6 Å². The molecule has 0 saturated carbocycles. The summed E-state index contributed by atoms with van der Waals surface area (Å²) in [7, 11) is 6.69. The largest absolute Gasteiger partial charge is 0.492 e. The van der Waals surface area contributed by atoms with Gasteiger partial charge < -0.3 is 82.7 Å². The predicted octanol–water partition coefficient (Wildman–Crippen LogP) is 14.5. The van der Waals surface area contributed by atoms with Gasteiger partial charge in [-0.1, -0.05) is 19.0 Å². The van der Waals surface area contributed by atoms with E-state index < -0.39 is 83.2 Å². The normalized spacial score (nSPS) is 13.0. The number of carbonyl (C=O) groups is 6. The molecule has 0 radical (unpaired) electrons. The number of rotatable bonds is 23. The highest BCUT2D eigenvalue weighted by Gasteiger charge is 2.27. The van der Waals surface area contributed by atoms with Crippen LogP contribution in [-0.2, 0) is 14.2 Å². The minimum absolute atomic E-state index is 0. The van der Waals surface area contributed by atoms with E-state index in [1.807, 2.05) is 7.05 Å². The van der Waals surface area contributed by atoms with Gasteiger partial charge in [0.25, 0.3) is 5.91 Å². The van der Waals surface area contributed by atoms with Crippen molar-refractivity contribution in [3.05, 3.63) is 220 Å². The summed E-state index contributed by atoms with van der Waals surface area (Å²) in [6.07, 6.45) is 1.81. The molecule has 4 atom stereocenters. The molecular weight excluding hydrogens is 1700 g/mol. The topological polar surface area (TPSA) is 398 Å². The molecule has 3 amide bonds. The number of aromatic carboxylic acids is 2. The molecule has 8 aromatic heterocycles. The Morgan fingerprint density at radius 2 is 1.02 bits per heavy atom. The number of fused-ring (bicyclic) bond motifs is 5. The summed E-state index contributed by atoms with van der Waals surface area (Å²) in [5.41, 5.74) is 2.98. The van der Waals surface area contributed by atoms with Gasteiger partial charge >= 0.3 is 30.1 Å². The molecule has 4 N–H and O–H groups in total. The van der Waals surface area contributed by atoms with Crippen LogP contribution in [0.3, 0.4) is 0 Å². The van der Waals surface area contributed by atoms with Crippen molar-refractivity contribution < 1.29 is 109 Å². The number of ether oxygens (including phenoxy) is 10. The minimum Gasteiger partial charge on any atom is -0.492 e. The summed E-state index contributed by atoms with van der Waals surface area (Å²) in [5, 5.41) is 48.0. The lowest BCUT2D eigenvalue weighted by atomic mass is 10.1. The Morgan fingerprint density at radius 3 is 1.49 bits per heavy atom. The Bertz CT molecular complexity index is 5730. The highest BCUT2D eigenvalue weighted by Crippen LogP contribution is 2.34. The van der Waals surface area contributed by atoms with Gasteiger partial charge in [-0.3, -0.25) is 4.79 Å². The number of aliphatic hydroxyl groups is 1. The highest BCUT2D eigenvalue weighted by molar-refractivity contribution is 6.29.